The number of rotatable bonds is 4. The van der Waals surface area contributed by atoms with Crippen molar-refractivity contribution >= 4 is 23.3 Å². The number of hydrogen-bond donors (Lipinski definition) is 0. The molecular formula is C23H24ClFN2O. The molecule has 4 saturated carbocycles. The van der Waals surface area contributed by atoms with E-state index >= 15 is 0 Å². The third-order valence-corrected chi connectivity index (χ3v) is 7.39. The number of carbonyl (C=O) groups is 1. The maximum Gasteiger partial charge on any atom is 0.234 e. The van der Waals surface area contributed by atoms with Crippen LogP contribution in [-0.2, 0) is 11.3 Å². The van der Waals surface area contributed by atoms with E-state index in [2.05, 4.69) is 4.98 Å². The van der Waals surface area contributed by atoms with Crippen LogP contribution in [0.1, 0.15) is 44.1 Å². The molecule has 4 aliphatic rings. The van der Waals surface area contributed by atoms with Gasteiger partial charge in [0.25, 0.3) is 0 Å². The van der Waals surface area contributed by atoms with Crippen LogP contribution in [0.25, 0.3) is 0 Å². The van der Waals surface area contributed by atoms with Crippen LogP contribution in [0.5, 0.6) is 0 Å². The van der Waals surface area contributed by atoms with Gasteiger partial charge in [0.2, 0.25) is 5.91 Å². The number of hydrogen-bond acceptors (Lipinski definition) is 2. The van der Waals surface area contributed by atoms with Gasteiger partial charge in [-0.1, -0.05) is 23.7 Å². The minimum absolute atomic E-state index is 0.101. The summed E-state index contributed by atoms with van der Waals surface area (Å²) in [5.74, 6) is 2.28. The first kappa shape index (κ1) is 18.1. The number of carbonyl (C=O) groups excluding carboxylic acids is 1. The Bertz CT molecular complexity index is 845. The highest BCUT2D eigenvalue weighted by atomic mass is 35.5. The quantitative estimate of drug-likeness (QED) is 0.669. The average molecular weight is 399 g/mol. The average Bonchev–Trinajstić information content (AvgIpc) is 2.67. The van der Waals surface area contributed by atoms with Gasteiger partial charge in [0, 0.05) is 16.8 Å². The summed E-state index contributed by atoms with van der Waals surface area (Å²) < 4.78 is 14.5. The Morgan fingerprint density at radius 1 is 1.07 bits per heavy atom. The van der Waals surface area contributed by atoms with Crippen LogP contribution < -0.4 is 4.90 Å². The van der Waals surface area contributed by atoms with Gasteiger partial charge >= 0.3 is 0 Å². The molecule has 2 aromatic rings. The smallest absolute Gasteiger partial charge is 0.234 e. The zero-order valence-corrected chi connectivity index (χ0v) is 16.5. The molecule has 0 N–H and O–H groups in total. The molecule has 0 radical (unpaired) electrons. The van der Waals surface area contributed by atoms with Crippen molar-refractivity contribution in [2.24, 2.45) is 23.2 Å². The van der Waals surface area contributed by atoms with Gasteiger partial charge in [-0.15, -0.1) is 0 Å². The molecule has 1 heterocycles. The van der Waals surface area contributed by atoms with E-state index in [0.717, 1.165) is 19.3 Å². The minimum atomic E-state index is -0.383. The fraction of sp³-hybridized carbons (Fsp3) is 0.478. The summed E-state index contributed by atoms with van der Waals surface area (Å²) in [6.45, 7) is 0.114. The maximum absolute atomic E-state index is 14.5. The van der Waals surface area contributed by atoms with Gasteiger partial charge in [-0.05, 0) is 80.5 Å². The lowest BCUT2D eigenvalue weighted by Gasteiger charge is -2.56. The Labute approximate surface area is 169 Å². The number of aromatic nitrogens is 1. The van der Waals surface area contributed by atoms with Crippen molar-refractivity contribution < 1.29 is 9.18 Å². The Kier molecular flexibility index (Phi) is 4.42. The van der Waals surface area contributed by atoms with E-state index in [1.54, 1.807) is 23.2 Å². The van der Waals surface area contributed by atoms with E-state index in [9.17, 15) is 9.18 Å². The van der Waals surface area contributed by atoms with Crippen molar-refractivity contribution in [2.75, 3.05) is 4.90 Å². The summed E-state index contributed by atoms with van der Waals surface area (Å²) in [5, 5.41) is 0.347. The molecule has 4 aliphatic carbocycles. The van der Waals surface area contributed by atoms with Gasteiger partial charge in [-0.2, -0.15) is 0 Å². The van der Waals surface area contributed by atoms with Gasteiger partial charge in [0.1, 0.15) is 11.6 Å². The van der Waals surface area contributed by atoms with Crippen LogP contribution in [0.3, 0.4) is 0 Å². The molecule has 5 heteroatoms. The molecule has 6 rings (SSSR count). The van der Waals surface area contributed by atoms with Crippen LogP contribution >= 0.6 is 11.6 Å². The highest BCUT2D eigenvalue weighted by molar-refractivity contribution is 6.31. The third-order valence-electron chi connectivity index (χ3n) is 7.04. The van der Waals surface area contributed by atoms with Crippen molar-refractivity contribution in [1.82, 2.24) is 4.98 Å². The molecule has 1 aromatic carbocycles. The SMILES string of the molecule is O=C(N(Cc1c(F)cccc1Cl)c1ccccn1)C12CC3CC(CC(C3)C1)C2. The summed E-state index contributed by atoms with van der Waals surface area (Å²) in [7, 11) is 0. The largest absolute Gasteiger partial charge is 0.292 e. The lowest BCUT2D eigenvalue weighted by molar-refractivity contribution is -0.143. The zero-order chi connectivity index (χ0) is 19.3. The topological polar surface area (TPSA) is 33.2 Å². The molecular weight excluding hydrogens is 375 g/mol. The van der Waals surface area contributed by atoms with Crippen molar-refractivity contribution in [1.29, 1.82) is 0 Å². The number of nitrogens with zero attached hydrogens (tertiary/aromatic N) is 2. The highest BCUT2D eigenvalue weighted by Crippen LogP contribution is 2.60. The second-order valence-electron chi connectivity index (χ2n) is 8.98. The van der Waals surface area contributed by atoms with Gasteiger partial charge in [0.05, 0.1) is 12.0 Å². The van der Waals surface area contributed by atoms with Crippen LogP contribution in [-0.4, -0.2) is 10.9 Å². The van der Waals surface area contributed by atoms with E-state index in [1.807, 2.05) is 18.2 Å². The molecule has 4 bridgehead atoms. The van der Waals surface area contributed by atoms with Crippen LogP contribution in [0.4, 0.5) is 10.2 Å². The first-order valence-electron chi connectivity index (χ1n) is 10.2. The fourth-order valence-corrected chi connectivity index (χ4v) is 6.49. The van der Waals surface area contributed by atoms with E-state index in [4.69, 9.17) is 11.6 Å². The second-order valence-corrected chi connectivity index (χ2v) is 9.38. The molecule has 146 valence electrons. The van der Waals surface area contributed by atoms with Gasteiger partial charge < -0.3 is 0 Å². The molecule has 3 nitrogen and oxygen atoms in total. The lowest BCUT2D eigenvalue weighted by Crippen LogP contribution is -2.54. The van der Waals surface area contributed by atoms with E-state index in [-0.39, 0.29) is 23.7 Å². The molecule has 1 amide bonds. The summed E-state index contributed by atoms with van der Waals surface area (Å²) >= 11 is 6.29. The second kappa shape index (κ2) is 6.84. The molecule has 0 saturated heterocycles. The summed E-state index contributed by atoms with van der Waals surface area (Å²) in [5.41, 5.74) is 0.0391. The number of pyridine rings is 1. The first-order chi connectivity index (χ1) is 13.5. The number of benzene rings is 1. The van der Waals surface area contributed by atoms with E-state index in [0.29, 0.717) is 34.2 Å². The highest BCUT2D eigenvalue weighted by Gasteiger charge is 2.55. The molecule has 1 aromatic heterocycles. The number of amides is 1. The van der Waals surface area contributed by atoms with Crippen molar-refractivity contribution in [2.45, 2.75) is 45.1 Å². The predicted molar refractivity (Wildman–Crippen MR) is 107 cm³/mol. The molecule has 0 spiro atoms. The third kappa shape index (κ3) is 3.02. The van der Waals surface area contributed by atoms with Gasteiger partial charge in [-0.25, -0.2) is 9.37 Å². The fourth-order valence-electron chi connectivity index (χ4n) is 6.27. The molecule has 4 fully saturated rings. The molecule has 0 aliphatic heterocycles. The van der Waals surface area contributed by atoms with Crippen molar-refractivity contribution in [3.63, 3.8) is 0 Å². The summed E-state index contributed by atoms with van der Waals surface area (Å²) in [6, 6.07) is 10.2. The summed E-state index contributed by atoms with van der Waals surface area (Å²) in [4.78, 5) is 20.0. The van der Waals surface area contributed by atoms with Crippen molar-refractivity contribution in [3.8, 4) is 0 Å². The molecule has 28 heavy (non-hydrogen) atoms. The van der Waals surface area contributed by atoms with Gasteiger partial charge in [-0.3, -0.25) is 9.69 Å². The summed E-state index contributed by atoms with van der Waals surface area (Å²) in [6.07, 6.45) is 8.39. The zero-order valence-electron chi connectivity index (χ0n) is 15.8. The first-order valence-corrected chi connectivity index (χ1v) is 10.6. The Morgan fingerprint density at radius 2 is 1.75 bits per heavy atom. The Morgan fingerprint density at radius 3 is 2.32 bits per heavy atom. The normalized spacial score (nSPS) is 30.4. The van der Waals surface area contributed by atoms with Crippen molar-refractivity contribution in [3.05, 3.63) is 59.0 Å². The van der Waals surface area contributed by atoms with Crippen LogP contribution in [0.15, 0.2) is 42.6 Å². The monoisotopic (exact) mass is 398 g/mol. The number of anilines is 1. The molecule has 0 unspecified atom stereocenters. The van der Waals surface area contributed by atoms with E-state index < -0.39 is 0 Å². The predicted octanol–water partition coefficient (Wildman–Crippen LogP) is 5.62. The van der Waals surface area contributed by atoms with Gasteiger partial charge in [0.15, 0.2) is 0 Å². The Balaban J connectivity index is 1.53. The standard InChI is InChI=1S/C23H24ClFN2O/c24-19-4-3-5-20(25)18(19)14-27(21-6-1-2-7-26-21)22(28)23-11-15-8-16(12-23)10-17(9-15)13-23/h1-7,15-17H,8-14H2. The minimum Gasteiger partial charge on any atom is -0.292 e. The lowest BCUT2D eigenvalue weighted by atomic mass is 9.49. The number of halogens is 2. The Hall–Kier alpha value is -1.94. The molecule has 0 atom stereocenters. The van der Waals surface area contributed by atoms with Crippen LogP contribution in [0, 0.1) is 29.0 Å². The van der Waals surface area contributed by atoms with Crippen LogP contribution in [0.2, 0.25) is 5.02 Å². The maximum atomic E-state index is 14.5. The van der Waals surface area contributed by atoms with E-state index in [1.165, 1.54) is 25.3 Å².